The van der Waals surface area contributed by atoms with Gasteiger partial charge in [-0.2, -0.15) is 0 Å². The van der Waals surface area contributed by atoms with Gasteiger partial charge in [0, 0.05) is 0 Å². The summed E-state index contributed by atoms with van der Waals surface area (Å²) in [5.74, 6) is 0.618. The number of esters is 2. The molecule has 208 valence electrons. The first-order valence-electron chi connectivity index (χ1n) is 14.4. The summed E-state index contributed by atoms with van der Waals surface area (Å²) in [4.78, 5) is 25.1. The van der Waals surface area contributed by atoms with E-state index in [0.717, 1.165) is 25.0 Å². The lowest BCUT2D eigenvalue weighted by Crippen LogP contribution is -2.09. The fourth-order valence-corrected chi connectivity index (χ4v) is 4.23. The summed E-state index contributed by atoms with van der Waals surface area (Å²) in [6.07, 6.45) is 13.2. The minimum Gasteiger partial charge on any atom is -0.494 e. The molecule has 0 saturated carbocycles. The molecule has 0 spiro atoms. The number of hydrogen-bond acceptors (Lipinski definition) is 5. The van der Waals surface area contributed by atoms with Crippen LogP contribution >= 0.6 is 0 Å². The van der Waals surface area contributed by atoms with E-state index < -0.39 is 11.9 Å². The standard InChI is InChI=1S/C34H42O5/c1-3-5-7-9-10-12-26-37-30-20-18-29(19-21-30)34(36)39-32-24-22-31(23-25-32)38-33(35)28-16-14-27(15-17-28)13-11-8-6-4-2/h14-25H,3-13,26H2,1-2H3. The molecule has 5 heteroatoms. The minimum absolute atomic E-state index is 0.371. The summed E-state index contributed by atoms with van der Waals surface area (Å²) < 4.78 is 16.7. The number of carbonyl (C=O) groups excluding carboxylic acids is 2. The highest BCUT2D eigenvalue weighted by Gasteiger charge is 2.11. The van der Waals surface area contributed by atoms with Crippen LogP contribution < -0.4 is 14.2 Å². The third kappa shape index (κ3) is 11.0. The molecule has 0 atom stereocenters. The van der Waals surface area contributed by atoms with E-state index in [1.165, 1.54) is 56.9 Å². The number of unbranched alkanes of at least 4 members (excludes halogenated alkanes) is 8. The predicted molar refractivity (Wildman–Crippen MR) is 156 cm³/mol. The van der Waals surface area contributed by atoms with Gasteiger partial charge in [0.1, 0.15) is 17.2 Å². The van der Waals surface area contributed by atoms with E-state index in [4.69, 9.17) is 14.2 Å². The zero-order valence-electron chi connectivity index (χ0n) is 23.5. The summed E-state index contributed by atoms with van der Waals surface area (Å²) in [7, 11) is 0. The Bertz CT molecular complexity index is 1120. The van der Waals surface area contributed by atoms with Crippen LogP contribution in [0.2, 0.25) is 0 Å². The number of ether oxygens (including phenoxy) is 3. The van der Waals surface area contributed by atoms with Gasteiger partial charge in [-0.3, -0.25) is 0 Å². The van der Waals surface area contributed by atoms with E-state index in [0.29, 0.717) is 29.2 Å². The Hall–Kier alpha value is -3.60. The Morgan fingerprint density at radius 3 is 1.49 bits per heavy atom. The Kier molecular flexibility index (Phi) is 13.1. The molecule has 3 aromatic carbocycles. The van der Waals surface area contributed by atoms with E-state index in [1.54, 1.807) is 60.7 Å². The van der Waals surface area contributed by atoms with Gasteiger partial charge >= 0.3 is 11.9 Å². The molecule has 0 fully saturated rings. The lowest BCUT2D eigenvalue weighted by Gasteiger charge is -2.09. The molecule has 0 N–H and O–H groups in total. The molecule has 0 aromatic heterocycles. The second kappa shape index (κ2) is 17.1. The van der Waals surface area contributed by atoms with Crippen LogP contribution in [0.5, 0.6) is 17.2 Å². The molecule has 0 heterocycles. The summed E-state index contributed by atoms with van der Waals surface area (Å²) in [5, 5.41) is 0. The molecular formula is C34H42O5. The number of aryl methyl sites for hydroxylation is 1. The fourth-order valence-electron chi connectivity index (χ4n) is 4.23. The molecule has 3 rings (SSSR count). The zero-order chi connectivity index (χ0) is 27.7. The fraction of sp³-hybridized carbons (Fsp3) is 0.412. The normalized spacial score (nSPS) is 10.7. The molecular weight excluding hydrogens is 488 g/mol. The van der Waals surface area contributed by atoms with Gasteiger partial charge in [0.2, 0.25) is 0 Å². The first-order chi connectivity index (χ1) is 19.1. The molecule has 0 unspecified atom stereocenters. The van der Waals surface area contributed by atoms with Crippen molar-refractivity contribution in [1.29, 1.82) is 0 Å². The topological polar surface area (TPSA) is 61.8 Å². The number of carbonyl (C=O) groups is 2. The van der Waals surface area contributed by atoms with E-state index in [1.807, 2.05) is 12.1 Å². The zero-order valence-corrected chi connectivity index (χ0v) is 23.5. The van der Waals surface area contributed by atoms with E-state index >= 15 is 0 Å². The summed E-state index contributed by atoms with van der Waals surface area (Å²) >= 11 is 0. The van der Waals surface area contributed by atoms with Crippen molar-refractivity contribution < 1.29 is 23.8 Å². The molecule has 0 amide bonds. The van der Waals surface area contributed by atoms with Gasteiger partial charge in [-0.25, -0.2) is 9.59 Å². The largest absolute Gasteiger partial charge is 0.494 e. The molecule has 0 bridgehead atoms. The van der Waals surface area contributed by atoms with Crippen LogP contribution in [-0.4, -0.2) is 18.5 Å². The van der Waals surface area contributed by atoms with Crippen LogP contribution in [0.1, 0.15) is 104 Å². The van der Waals surface area contributed by atoms with Crippen molar-refractivity contribution in [2.45, 2.75) is 84.5 Å². The third-order valence-corrected chi connectivity index (χ3v) is 6.61. The van der Waals surface area contributed by atoms with Gasteiger partial charge in [-0.05, 0) is 85.5 Å². The van der Waals surface area contributed by atoms with Gasteiger partial charge in [-0.1, -0.05) is 77.3 Å². The van der Waals surface area contributed by atoms with Crippen molar-refractivity contribution >= 4 is 11.9 Å². The lowest BCUT2D eigenvalue weighted by atomic mass is 10.0. The maximum Gasteiger partial charge on any atom is 0.343 e. The van der Waals surface area contributed by atoms with Gasteiger partial charge < -0.3 is 14.2 Å². The highest BCUT2D eigenvalue weighted by atomic mass is 16.5. The Balaban J connectivity index is 1.41. The SMILES string of the molecule is CCCCCCCCOc1ccc(C(=O)Oc2ccc(OC(=O)c3ccc(CCCCCC)cc3)cc2)cc1. The average Bonchev–Trinajstić information content (AvgIpc) is 2.96. The van der Waals surface area contributed by atoms with Gasteiger partial charge in [0.25, 0.3) is 0 Å². The quantitative estimate of drug-likeness (QED) is 0.0990. The van der Waals surface area contributed by atoms with Crippen LogP contribution in [-0.2, 0) is 6.42 Å². The smallest absolute Gasteiger partial charge is 0.343 e. The van der Waals surface area contributed by atoms with Crippen LogP contribution in [0.4, 0.5) is 0 Å². The van der Waals surface area contributed by atoms with Crippen molar-refractivity contribution in [3.63, 3.8) is 0 Å². The van der Waals surface area contributed by atoms with Crippen LogP contribution in [0, 0.1) is 0 Å². The molecule has 3 aromatic rings. The number of rotatable bonds is 17. The predicted octanol–water partition coefficient (Wildman–Crippen LogP) is 8.99. The lowest BCUT2D eigenvalue weighted by molar-refractivity contribution is 0.0719. The summed E-state index contributed by atoms with van der Waals surface area (Å²) in [5.41, 5.74) is 2.16. The third-order valence-electron chi connectivity index (χ3n) is 6.61. The van der Waals surface area contributed by atoms with Crippen molar-refractivity contribution in [1.82, 2.24) is 0 Å². The van der Waals surface area contributed by atoms with Gasteiger partial charge in [0.15, 0.2) is 0 Å². The van der Waals surface area contributed by atoms with Crippen molar-refractivity contribution in [2.75, 3.05) is 6.61 Å². The Morgan fingerprint density at radius 2 is 0.949 bits per heavy atom. The summed E-state index contributed by atoms with van der Waals surface area (Å²) in [6, 6.07) is 21.0. The number of benzene rings is 3. The monoisotopic (exact) mass is 530 g/mol. The summed E-state index contributed by atoms with van der Waals surface area (Å²) in [6.45, 7) is 5.10. The van der Waals surface area contributed by atoms with Crippen LogP contribution in [0.15, 0.2) is 72.8 Å². The average molecular weight is 531 g/mol. The van der Waals surface area contributed by atoms with E-state index in [2.05, 4.69) is 13.8 Å². The molecule has 0 aliphatic rings. The van der Waals surface area contributed by atoms with E-state index in [-0.39, 0.29) is 0 Å². The van der Waals surface area contributed by atoms with Crippen molar-refractivity contribution in [3.8, 4) is 17.2 Å². The first-order valence-corrected chi connectivity index (χ1v) is 14.4. The first kappa shape index (κ1) is 29.9. The van der Waals surface area contributed by atoms with Crippen molar-refractivity contribution in [3.05, 3.63) is 89.5 Å². The van der Waals surface area contributed by atoms with E-state index in [9.17, 15) is 9.59 Å². The van der Waals surface area contributed by atoms with Crippen LogP contribution in [0.3, 0.4) is 0 Å². The second-order valence-electron chi connectivity index (χ2n) is 9.90. The molecule has 0 aliphatic carbocycles. The second-order valence-corrected chi connectivity index (χ2v) is 9.90. The van der Waals surface area contributed by atoms with Gasteiger partial charge in [0.05, 0.1) is 17.7 Å². The Labute approximate surface area is 233 Å². The minimum atomic E-state index is -0.461. The molecule has 5 nitrogen and oxygen atoms in total. The number of hydrogen-bond donors (Lipinski definition) is 0. The highest BCUT2D eigenvalue weighted by molar-refractivity contribution is 5.92. The Morgan fingerprint density at radius 1 is 0.513 bits per heavy atom. The maximum absolute atomic E-state index is 12.5. The van der Waals surface area contributed by atoms with Crippen LogP contribution in [0.25, 0.3) is 0 Å². The molecule has 0 saturated heterocycles. The molecule has 0 radical (unpaired) electrons. The van der Waals surface area contributed by atoms with Gasteiger partial charge in [-0.15, -0.1) is 0 Å². The molecule has 39 heavy (non-hydrogen) atoms. The maximum atomic E-state index is 12.5. The highest BCUT2D eigenvalue weighted by Crippen LogP contribution is 2.21. The van der Waals surface area contributed by atoms with Crippen molar-refractivity contribution in [2.24, 2.45) is 0 Å². The molecule has 0 aliphatic heterocycles.